The van der Waals surface area contributed by atoms with Crippen molar-refractivity contribution < 1.29 is 4.21 Å². The van der Waals surface area contributed by atoms with Crippen LogP contribution in [0.4, 0.5) is 0 Å². The number of aryl methyl sites for hydroxylation is 1. The Labute approximate surface area is 129 Å². The van der Waals surface area contributed by atoms with Crippen LogP contribution in [0, 0.1) is 12.3 Å². The minimum absolute atomic E-state index is 0.0826. The summed E-state index contributed by atoms with van der Waals surface area (Å²) in [7, 11) is -1.26. The number of rotatable bonds is 4. The van der Waals surface area contributed by atoms with Gasteiger partial charge in [0.2, 0.25) is 0 Å². The number of aromatic nitrogens is 1. The zero-order chi connectivity index (χ0) is 15.5. The van der Waals surface area contributed by atoms with Crippen LogP contribution >= 0.6 is 0 Å². The van der Waals surface area contributed by atoms with Gasteiger partial charge in [-0.2, -0.15) is 0 Å². The highest BCUT2D eigenvalue weighted by Crippen LogP contribution is 2.32. The van der Waals surface area contributed by atoms with Gasteiger partial charge in [0.15, 0.2) is 0 Å². The van der Waals surface area contributed by atoms with Gasteiger partial charge in [-0.1, -0.05) is 44.5 Å². The van der Waals surface area contributed by atoms with Crippen molar-refractivity contribution in [2.24, 2.45) is 5.41 Å². The fourth-order valence-electron chi connectivity index (χ4n) is 2.06. The van der Waals surface area contributed by atoms with Crippen molar-refractivity contribution in [2.45, 2.75) is 38.6 Å². The largest absolute Gasteiger partial charge is 0.260 e. The zero-order valence-electron chi connectivity index (χ0n) is 13.0. The van der Waals surface area contributed by atoms with E-state index in [2.05, 4.69) is 30.5 Å². The van der Waals surface area contributed by atoms with Crippen LogP contribution in [0.15, 0.2) is 53.6 Å². The van der Waals surface area contributed by atoms with E-state index in [0.717, 1.165) is 16.2 Å². The van der Waals surface area contributed by atoms with E-state index in [1.807, 2.05) is 49.4 Å². The van der Waals surface area contributed by atoms with Crippen LogP contribution in [0.5, 0.6) is 0 Å². The van der Waals surface area contributed by atoms with Crippen LogP contribution in [0.25, 0.3) is 0 Å². The lowest BCUT2D eigenvalue weighted by Crippen LogP contribution is -2.34. The number of hydrogen-bond acceptors (Lipinski definition) is 2. The first kappa shape index (κ1) is 15.9. The number of hydrogen-bond donors (Lipinski definition) is 1. The molecule has 0 saturated heterocycles. The molecule has 0 aliphatic heterocycles. The fourth-order valence-corrected chi connectivity index (χ4v) is 3.27. The van der Waals surface area contributed by atoms with Gasteiger partial charge >= 0.3 is 0 Å². The molecule has 0 bridgehead atoms. The normalized spacial score (nSPS) is 14.7. The maximum absolute atomic E-state index is 12.6. The molecule has 2 rings (SSSR count). The van der Waals surface area contributed by atoms with Gasteiger partial charge in [0.05, 0.1) is 16.6 Å². The third-order valence-electron chi connectivity index (χ3n) is 3.31. The maximum Gasteiger partial charge on any atom is 0.125 e. The molecule has 0 spiro atoms. The topological polar surface area (TPSA) is 42.0 Å². The second-order valence-corrected chi connectivity index (χ2v) is 7.50. The first-order valence-electron chi connectivity index (χ1n) is 7.03. The highest BCUT2D eigenvalue weighted by Gasteiger charge is 2.29. The van der Waals surface area contributed by atoms with Crippen molar-refractivity contribution in [3.8, 4) is 0 Å². The lowest BCUT2D eigenvalue weighted by Gasteiger charge is -2.30. The van der Waals surface area contributed by atoms with Gasteiger partial charge in [-0.15, -0.1) is 0 Å². The summed E-state index contributed by atoms with van der Waals surface area (Å²) in [5.41, 5.74) is 1.98. The van der Waals surface area contributed by atoms with E-state index in [4.69, 9.17) is 0 Å². The standard InChI is InChI=1S/C17H22N2OS/c1-13-8-10-14(11-9-13)21(20)19-16(17(2,3)4)15-7-5-6-12-18-15/h5-12,16,19H,1-4H3/t16-,21?/m0/s1. The van der Waals surface area contributed by atoms with Gasteiger partial charge in [0.25, 0.3) is 0 Å². The van der Waals surface area contributed by atoms with Crippen molar-refractivity contribution in [1.29, 1.82) is 0 Å². The molecule has 2 aromatic rings. The number of nitrogens with one attached hydrogen (secondary N) is 1. The molecule has 1 unspecified atom stereocenters. The summed E-state index contributed by atoms with van der Waals surface area (Å²) in [5.74, 6) is 0. The molecule has 1 heterocycles. The summed E-state index contributed by atoms with van der Waals surface area (Å²) in [4.78, 5) is 5.19. The van der Waals surface area contributed by atoms with E-state index in [0.29, 0.717) is 0 Å². The lowest BCUT2D eigenvalue weighted by atomic mass is 9.85. The maximum atomic E-state index is 12.6. The van der Waals surface area contributed by atoms with Crippen LogP contribution in [0.1, 0.15) is 38.1 Å². The van der Waals surface area contributed by atoms with Crippen LogP contribution < -0.4 is 4.72 Å². The fraction of sp³-hybridized carbons (Fsp3) is 0.353. The Bertz CT molecular complexity index is 603. The molecule has 0 aliphatic rings. The Morgan fingerprint density at radius 2 is 1.76 bits per heavy atom. The number of benzene rings is 1. The van der Waals surface area contributed by atoms with Crippen molar-refractivity contribution in [1.82, 2.24) is 9.71 Å². The minimum Gasteiger partial charge on any atom is -0.260 e. The molecule has 1 N–H and O–H groups in total. The summed E-state index contributed by atoms with van der Waals surface area (Å²) in [6.07, 6.45) is 1.77. The minimum atomic E-state index is -1.26. The molecule has 1 aromatic heterocycles. The van der Waals surface area contributed by atoms with E-state index < -0.39 is 11.0 Å². The van der Waals surface area contributed by atoms with Crippen LogP contribution in [-0.4, -0.2) is 9.19 Å². The molecule has 0 saturated carbocycles. The van der Waals surface area contributed by atoms with Crippen molar-refractivity contribution in [3.63, 3.8) is 0 Å². The van der Waals surface area contributed by atoms with Gasteiger partial charge < -0.3 is 0 Å². The van der Waals surface area contributed by atoms with Gasteiger partial charge in [-0.3, -0.25) is 4.98 Å². The molecule has 1 aromatic carbocycles. The van der Waals surface area contributed by atoms with Crippen LogP contribution in [0.3, 0.4) is 0 Å². The summed E-state index contributed by atoms with van der Waals surface area (Å²) in [6.45, 7) is 8.37. The Balaban J connectivity index is 2.24. The number of nitrogens with zero attached hydrogens (tertiary/aromatic N) is 1. The summed E-state index contributed by atoms with van der Waals surface area (Å²) in [6, 6.07) is 13.5. The second kappa shape index (κ2) is 6.50. The molecule has 4 heteroatoms. The van der Waals surface area contributed by atoms with E-state index in [-0.39, 0.29) is 11.5 Å². The average molecular weight is 302 g/mol. The molecule has 0 amide bonds. The highest BCUT2D eigenvalue weighted by molar-refractivity contribution is 7.83. The van der Waals surface area contributed by atoms with Crippen molar-refractivity contribution in [2.75, 3.05) is 0 Å². The lowest BCUT2D eigenvalue weighted by molar-refractivity contribution is 0.302. The summed E-state index contributed by atoms with van der Waals surface area (Å²) in [5, 5.41) is 0. The molecule has 112 valence electrons. The van der Waals surface area contributed by atoms with Gasteiger partial charge in [0, 0.05) is 6.20 Å². The van der Waals surface area contributed by atoms with Crippen LogP contribution in [-0.2, 0) is 11.0 Å². The number of pyridine rings is 1. The van der Waals surface area contributed by atoms with E-state index in [9.17, 15) is 4.21 Å². The zero-order valence-corrected chi connectivity index (χ0v) is 13.8. The van der Waals surface area contributed by atoms with Crippen molar-refractivity contribution >= 4 is 11.0 Å². The Hall–Kier alpha value is -1.52. The summed E-state index contributed by atoms with van der Waals surface area (Å²) >= 11 is 0. The third kappa shape index (κ3) is 4.22. The second-order valence-electron chi connectivity index (χ2n) is 6.25. The van der Waals surface area contributed by atoms with Crippen LogP contribution in [0.2, 0.25) is 0 Å². The van der Waals surface area contributed by atoms with Gasteiger partial charge in [-0.25, -0.2) is 8.93 Å². The predicted molar refractivity (Wildman–Crippen MR) is 87.2 cm³/mol. The highest BCUT2D eigenvalue weighted by atomic mass is 32.2. The van der Waals surface area contributed by atoms with E-state index in [1.165, 1.54) is 0 Å². The predicted octanol–water partition coefficient (Wildman–Crippen LogP) is 3.79. The average Bonchev–Trinajstić information content (AvgIpc) is 2.45. The summed E-state index contributed by atoms with van der Waals surface area (Å²) < 4.78 is 15.8. The van der Waals surface area contributed by atoms with E-state index >= 15 is 0 Å². The Morgan fingerprint density at radius 1 is 1.10 bits per heavy atom. The smallest absolute Gasteiger partial charge is 0.125 e. The molecular weight excluding hydrogens is 280 g/mol. The van der Waals surface area contributed by atoms with E-state index in [1.54, 1.807) is 6.20 Å². The molecule has 2 atom stereocenters. The first-order chi connectivity index (χ1) is 9.88. The first-order valence-corrected chi connectivity index (χ1v) is 8.18. The third-order valence-corrected chi connectivity index (χ3v) is 4.46. The molecule has 21 heavy (non-hydrogen) atoms. The monoisotopic (exact) mass is 302 g/mol. The van der Waals surface area contributed by atoms with Gasteiger partial charge in [0.1, 0.15) is 11.0 Å². The molecule has 0 aliphatic carbocycles. The molecule has 0 fully saturated rings. The Kier molecular flexibility index (Phi) is 4.91. The van der Waals surface area contributed by atoms with Crippen molar-refractivity contribution in [3.05, 3.63) is 59.9 Å². The molecule has 3 nitrogen and oxygen atoms in total. The SMILES string of the molecule is Cc1ccc(S(=O)N[C@@H](c2ccccn2)C(C)(C)C)cc1. The molecule has 0 radical (unpaired) electrons. The Morgan fingerprint density at radius 3 is 2.29 bits per heavy atom. The quantitative estimate of drug-likeness (QED) is 0.933. The van der Waals surface area contributed by atoms with Gasteiger partial charge in [-0.05, 0) is 36.6 Å². The molecular formula is C17H22N2OS.